The molecule has 0 bridgehead atoms. The number of rotatable bonds is 3. The Hall–Kier alpha value is -1.61. The highest BCUT2D eigenvalue weighted by atomic mass is 16.3. The molecule has 78 valence electrons. The van der Waals surface area contributed by atoms with Gasteiger partial charge in [0, 0.05) is 11.6 Å². The molecule has 0 saturated carbocycles. The van der Waals surface area contributed by atoms with Crippen LogP contribution >= 0.6 is 0 Å². The molecule has 0 spiro atoms. The van der Waals surface area contributed by atoms with Crippen LogP contribution in [0.4, 0.5) is 0 Å². The van der Waals surface area contributed by atoms with Crippen molar-refractivity contribution in [2.45, 2.75) is 13.0 Å². The van der Waals surface area contributed by atoms with Gasteiger partial charge in [0.15, 0.2) is 12.2 Å². The Kier molecular flexibility index (Phi) is 2.83. The second-order valence-electron chi connectivity index (χ2n) is 3.46. The van der Waals surface area contributed by atoms with Gasteiger partial charge in [0.05, 0.1) is 6.20 Å². The Bertz CT molecular complexity index is 423. The van der Waals surface area contributed by atoms with E-state index in [-0.39, 0.29) is 0 Å². The van der Waals surface area contributed by atoms with Gasteiger partial charge in [-0.3, -0.25) is 0 Å². The van der Waals surface area contributed by atoms with Gasteiger partial charge in [-0.25, -0.2) is 4.98 Å². The molecule has 1 N–H and O–H groups in total. The van der Waals surface area contributed by atoms with E-state index < -0.39 is 0 Å². The lowest BCUT2D eigenvalue weighted by atomic mass is 10.0. The van der Waals surface area contributed by atoms with E-state index in [1.807, 2.05) is 25.2 Å². The highest BCUT2D eigenvalue weighted by molar-refractivity contribution is 5.61. The van der Waals surface area contributed by atoms with Crippen LogP contribution in [0.5, 0.6) is 0 Å². The number of hydrogen-bond acceptors (Lipinski definition) is 3. The van der Waals surface area contributed by atoms with E-state index in [0.717, 1.165) is 11.3 Å². The Labute approximate surface area is 89.1 Å². The van der Waals surface area contributed by atoms with Gasteiger partial charge in [-0.05, 0) is 19.5 Å². The molecule has 1 heterocycles. The second kappa shape index (κ2) is 4.28. The Morgan fingerprint density at radius 3 is 2.80 bits per heavy atom. The van der Waals surface area contributed by atoms with Crippen LogP contribution in [-0.4, -0.2) is 12.0 Å². The first kappa shape index (κ1) is 9.93. The van der Waals surface area contributed by atoms with Crippen molar-refractivity contribution >= 4 is 0 Å². The third-order valence-corrected chi connectivity index (χ3v) is 2.56. The van der Waals surface area contributed by atoms with Gasteiger partial charge in [-0.1, -0.05) is 24.3 Å². The van der Waals surface area contributed by atoms with E-state index in [2.05, 4.69) is 23.3 Å². The maximum atomic E-state index is 5.32. The molecule has 1 atom stereocenters. The van der Waals surface area contributed by atoms with E-state index in [4.69, 9.17) is 4.42 Å². The van der Waals surface area contributed by atoms with Crippen molar-refractivity contribution in [3.05, 3.63) is 42.4 Å². The lowest BCUT2D eigenvalue weighted by Gasteiger charge is -2.13. The summed E-state index contributed by atoms with van der Waals surface area (Å²) >= 11 is 0. The number of hydrogen-bond donors (Lipinski definition) is 1. The Morgan fingerprint density at radius 2 is 2.13 bits per heavy atom. The van der Waals surface area contributed by atoms with Gasteiger partial charge in [0.1, 0.15) is 0 Å². The summed E-state index contributed by atoms with van der Waals surface area (Å²) in [5.41, 5.74) is 2.31. The highest BCUT2D eigenvalue weighted by Crippen LogP contribution is 2.27. The molecule has 1 unspecified atom stereocenters. The fourth-order valence-corrected chi connectivity index (χ4v) is 1.60. The molecular weight excluding hydrogens is 188 g/mol. The number of nitrogens with zero attached hydrogens (tertiary/aromatic N) is 1. The van der Waals surface area contributed by atoms with E-state index >= 15 is 0 Å². The fraction of sp³-hybridized carbons (Fsp3) is 0.250. The van der Waals surface area contributed by atoms with E-state index in [0.29, 0.717) is 6.04 Å². The van der Waals surface area contributed by atoms with Crippen molar-refractivity contribution in [2.24, 2.45) is 0 Å². The molecule has 0 amide bonds. The summed E-state index contributed by atoms with van der Waals surface area (Å²) in [5, 5.41) is 3.22. The maximum absolute atomic E-state index is 5.32. The van der Waals surface area contributed by atoms with E-state index in [1.165, 1.54) is 12.0 Å². The van der Waals surface area contributed by atoms with Crippen LogP contribution in [0.3, 0.4) is 0 Å². The number of benzene rings is 1. The Morgan fingerprint density at radius 1 is 1.33 bits per heavy atom. The van der Waals surface area contributed by atoms with Crippen LogP contribution in [0.2, 0.25) is 0 Å². The molecule has 3 heteroatoms. The van der Waals surface area contributed by atoms with Gasteiger partial charge in [0.2, 0.25) is 0 Å². The van der Waals surface area contributed by atoms with E-state index in [1.54, 1.807) is 6.20 Å². The van der Waals surface area contributed by atoms with Crippen LogP contribution in [-0.2, 0) is 0 Å². The molecule has 0 saturated heterocycles. The molecule has 1 aromatic heterocycles. The zero-order valence-electron chi connectivity index (χ0n) is 8.90. The lowest BCUT2D eigenvalue weighted by Crippen LogP contribution is -2.13. The van der Waals surface area contributed by atoms with Gasteiger partial charge in [-0.2, -0.15) is 0 Å². The van der Waals surface area contributed by atoms with Crippen LogP contribution < -0.4 is 5.32 Å². The van der Waals surface area contributed by atoms with Crippen molar-refractivity contribution in [2.75, 3.05) is 7.05 Å². The SMILES string of the molecule is CNC(C)c1ccccc1-c1cnco1. The third-order valence-electron chi connectivity index (χ3n) is 2.56. The summed E-state index contributed by atoms with van der Waals surface area (Å²) < 4.78 is 5.32. The molecule has 0 aliphatic carbocycles. The normalized spacial score (nSPS) is 12.7. The quantitative estimate of drug-likeness (QED) is 0.831. The highest BCUT2D eigenvalue weighted by Gasteiger charge is 2.11. The van der Waals surface area contributed by atoms with Gasteiger partial charge < -0.3 is 9.73 Å². The average molecular weight is 202 g/mol. The van der Waals surface area contributed by atoms with Crippen molar-refractivity contribution in [1.82, 2.24) is 10.3 Å². The molecule has 0 aliphatic heterocycles. The minimum Gasteiger partial charge on any atom is -0.444 e. The molecule has 1 aromatic carbocycles. The van der Waals surface area contributed by atoms with Crippen LogP contribution in [0.1, 0.15) is 18.5 Å². The molecule has 0 radical (unpaired) electrons. The third kappa shape index (κ3) is 1.92. The predicted molar refractivity (Wildman–Crippen MR) is 59.4 cm³/mol. The first-order valence-corrected chi connectivity index (χ1v) is 4.98. The molecule has 2 aromatic rings. The molecule has 15 heavy (non-hydrogen) atoms. The van der Waals surface area contributed by atoms with Crippen molar-refractivity contribution < 1.29 is 4.42 Å². The van der Waals surface area contributed by atoms with Crippen molar-refractivity contribution in [3.8, 4) is 11.3 Å². The zero-order chi connectivity index (χ0) is 10.7. The summed E-state index contributed by atoms with van der Waals surface area (Å²) in [6.07, 6.45) is 3.19. The number of aromatic nitrogens is 1. The zero-order valence-corrected chi connectivity index (χ0v) is 8.90. The summed E-state index contributed by atoms with van der Waals surface area (Å²) in [6, 6.07) is 8.47. The maximum Gasteiger partial charge on any atom is 0.181 e. The van der Waals surface area contributed by atoms with Gasteiger partial charge >= 0.3 is 0 Å². The van der Waals surface area contributed by atoms with E-state index in [9.17, 15) is 0 Å². The minimum absolute atomic E-state index is 0.297. The standard InChI is InChI=1S/C12H14N2O/c1-9(13-2)10-5-3-4-6-11(10)12-7-14-8-15-12/h3-9,13H,1-2H3. The smallest absolute Gasteiger partial charge is 0.181 e. The molecular formula is C12H14N2O. The van der Waals surface area contributed by atoms with Crippen molar-refractivity contribution in [1.29, 1.82) is 0 Å². The molecule has 3 nitrogen and oxygen atoms in total. The average Bonchev–Trinajstić information content (AvgIpc) is 2.81. The van der Waals surface area contributed by atoms with Crippen LogP contribution in [0.15, 0.2) is 41.3 Å². The topological polar surface area (TPSA) is 38.1 Å². The van der Waals surface area contributed by atoms with Crippen molar-refractivity contribution in [3.63, 3.8) is 0 Å². The largest absolute Gasteiger partial charge is 0.444 e. The Balaban J connectivity index is 2.47. The molecule has 2 rings (SSSR count). The monoisotopic (exact) mass is 202 g/mol. The van der Waals surface area contributed by atoms with Gasteiger partial charge in [-0.15, -0.1) is 0 Å². The minimum atomic E-state index is 0.297. The predicted octanol–water partition coefficient (Wildman–Crippen LogP) is 2.62. The molecule has 0 fully saturated rings. The summed E-state index contributed by atoms with van der Waals surface area (Å²) in [5.74, 6) is 0.813. The first-order valence-electron chi connectivity index (χ1n) is 4.98. The second-order valence-corrected chi connectivity index (χ2v) is 3.46. The first-order chi connectivity index (χ1) is 7.33. The number of nitrogens with one attached hydrogen (secondary N) is 1. The lowest BCUT2D eigenvalue weighted by molar-refractivity contribution is 0.568. The summed E-state index contributed by atoms with van der Waals surface area (Å²) in [4.78, 5) is 3.94. The summed E-state index contributed by atoms with van der Waals surface area (Å²) in [6.45, 7) is 2.12. The van der Waals surface area contributed by atoms with Gasteiger partial charge in [0.25, 0.3) is 0 Å². The molecule has 0 aliphatic rings. The van der Waals surface area contributed by atoms with Crippen LogP contribution in [0.25, 0.3) is 11.3 Å². The summed E-state index contributed by atoms with van der Waals surface area (Å²) in [7, 11) is 1.95. The fourth-order valence-electron chi connectivity index (χ4n) is 1.60. The van der Waals surface area contributed by atoms with Crippen LogP contribution in [0, 0.1) is 0 Å². The number of oxazole rings is 1.